The van der Waals surface area contributed by atoms with Crippen molar-refractivity contribution in [1.82, 2.24) is 5.32 Å². The Morgan fingerprint density at radius 1 is 1.24 bits per heavy atom. The van der Waals surface area contributed by atoms with Crippen molar-refractivity contribution in [3.63, 3.8) is 0 Å². The molecule has 21 heavy (non-hydrogen) atoms. The van der Waals surface area contributed by atoms with Gasteiger partial charge in [-0.05, 0) is 44.0 Å². The lowest BCUT2D eigenvalue weighted by Gasteiger charge is -2.29. The summed E-state index contributed by atoms with van der Waals surface area (Å²) in [7, 11) is 0. The molecule has 2 rings (SSSR count). The van der Waals surface area contributed by atoms with Gasteiger partial charge in [-0.25, -0.2) is 0 Å². The zero-order valence-electron chi connectivity index (χ0n) is 11.7. The lowest BCUT2D eigenvalue weighted by Crippen LogP contribution is -2.35. The Kier molecular flexibility index (Phi) is 5.47. The SMILES string of the molecule is OCC(COc1ccccc1C(F)(F)F)C1CCNCC1. The molecule has 0 amide bonds. The van der Waals surface area contributed by atoms with Crippen molar-refractivity contribution in [3.8, 4) is 5.75 Å². The summed E-state index contributed by atoms with van der Waals surface area (Å²) in [6.45, 7) is 1.79. The molecule has 1 aliphatic heterocycles. The van der Waals surface area contributed by atoms with E-state index in [1.165, 1.54) is 18.2 Å². The van der Waals surface area contributed by atoms with Gasteiger partial charge in [-0.1, -0.05) is 12.1 Å². The fraction of sp³-hybridized carbons (Fsp3) is 0.600. The summed E-state index contributed by atoms with van der Waals surface area (Å²) in [6.07, 6.45) is -2.61. The lowest BCUT2D eigenvalue weighted by atomic mass is 9.86. The van der Waals surface area contributed by atoms with E-state index in [1.807, 2.05) is 0 Å². The molecule has 3 nitrogen and oxygen atoms in total. The van der Waals surface area contributed by atoms with Crippen LogP contribution in [-0.4, -0.2) is 31.4 Å². The molecule has 1 saturated heterocycles. The van der Waals surface area contributed by atoms with E-state index < -0.39 is 11.7 Å². The van der Waals surface area contributed by atoms with E-state index in [2.05, 4.69) is 5.32 Å². The average Bonchev–Trinajstić information content (AvgIpc) is 2.48. The van der Waals surface area contributed by atoms with Gasteiger partial charge in [0.1, 0.15) is 5.75 Å². The van der Waals surface area contributed by atoms with Crippen molar-refractivity contribution in [1.29, 1.82) is 0 Å². The summed E-state index contributed by atoms with van der Waals surface area (Å²) in [5.41, 5.74) is -0.771. The van der Waals surface area contributed by atoms with Crippen molar-refractivity contribution in [2.45, 2.75) is 19.0 Å². The highest BCUT2D eigenvalue weighted by Crippen LogP contribution is 2.36. The number of hydrogen-bond donors (Lipinski definition) is 2. The molecule has 1 heterocycles. The second kappa shape index (κ2) is 7.13. The first kappa shape index (κ1) is 16.1. The monoisotopic (exact) mass is 303 g/mol. The predicted molar refractivity (Wildman–Crippen MR) is 73.1 cm³/mol. The zero-order valence-corrected chi connectivity index (χ0v) is 11.7. The van der Waals surface area contributed by atoms with Crippen LogP contribution in [0.2, 0.25) is 0 Å². The third kappa shape index (κ3) is 4.35. The fourth-order valence-electron chi connectivity index (χ4n) is 2.68. The van der Waals surface area contributed by atoms with Crippen LogP contribution >= 0.6 is 0 Å². The van der Waals surface area contributed by atoms with E-state index in [-0.39, 0.29) is 30.8 Å². The van der Waals surface area contributed by atoms with Crippen LogP contribution in [0.25, 0.3) is 0 Å². The van der Waals surface area contributed by atoms with Crippen LogP contribution in [-0.2, 0) is 6.18 Å². The maximum atomic E-state index is 12.9. The van der Waals surface area contributed by atoms with Gasteiger partial charge >= 0.3 is 6.18 Å². The number of hydrogen-bond acceptors (Lipinski definition) is 3. The maximum absolute atomic E-state index is 12.9. The van der Waals surface area contributed by atoms with E-state index in [0.717, 1.165) is 32.0 Å². The van der Waals surface area contributed by atoms with Gasteiger partial charge < -0.3 is 15.2 Å². The molecule has 1 aliphatic rings. The van der Waals surface area contributed by atoms with E-state index in [9.17, 15) is 18.3 Å². The van der Waals surface area contributed by atoms with Crippen molar-refractivity contribution in [2.75, 3.05) is 26.3 Å². The summed E-state index contributed by atoms with van der Waals surface area (Å²) in [6, 6.07) is 5.18. The summed E-state index contributed by atoms with van der Waals surface area (Å²) in [4.78, 5) is 0. The zero-order chi connectivity index (χ0) is 15.3. The molecule has 1 atom stereocenters. The standard InChI is InChI=1S/C15H20F3NO2/c16-15(17,18)13-3-1-2-4-14(13)21-10-12(9-20)11-5-7-19-8-6-11/h1-4,11-12,19-20H,5-10H2. The second-order valence-corrected chi connectivity index (χ2v) is 5.34. The molecule has 2 N–H and O–H groups in total. The first-order chi connectivity index (χ1) is 10.0. The molecule has 0 radical (unpaired) electrons. The quantitative estimate of drug-likeness (QED) is 0.879. The second-order valence-electron chi connectivity index (χ2n) is 5.34. The Labute approximate surface area is 122 Å². The van der Waals surface area contributed by atoms with Gasteiger partial charge in [0.05, 0.1) is 12.2 Å². The van der Waals surface area contributed by atoms with Crippen molar-refractivity contribution >= 4 is 0 Å². The van der Waals surface area contributed by atoms with Crippen molar-refractivity contribution in [3.05, 3.63) is 29.8 Å². The Hall–Kier alpha value is -1.27. The van der Waals surface area contributed by atoms with E-state index in [4.69, 9.17) is 4.74 Å². The van der Waals surface area contributed by atoms with Gasteiger partial charge in [0.25, 0.3) is 0 Å². The van der Waals surface area contributed by atoms with Gasteiger partial charge in [-0.3, -0.25) is 0 Å². The molecule has 0 bridgehead atoms. The maximum Gasteiger partial charge on any atom is 0.419 e. The molecule has 6 heteroatoms. The molecule has 1 fully saturated rings. The summed E-state index contributed by atoms with van der Waals surface area (Å²) in [5, 5.41) is 12.7. The van der Waals surface area contributed by atoms with Gasteiger partial charge in [0.15, 0.2) is 0 Å². The molecule has 1 aromatic rings. The number of halogens is 3. The molecule has 0 saturated carbocycles. The van der Waals surface area contributed by atoms with E-state index >= 15 is 0 Å². The average molecular weight is 303 g/mol. The first-order valence-electron chi connectivity index (χ1n) is 7.13. The van der Waals surface area contributed by atoms with E-state index in [1.54, 1.807) is 0 Å². The molecular weight excluding hydrogens is 283 g/mol. The van der Waals surface area contributed by atoms with Crippen LogP contribution in [0.5, 0.6) is 5.75 Å². The number of benzene rings is 1. The summed E-state index contributed by atoms with van der Waals surface area (Å²) < 4.78 is 44.0. The largest absolute Gasteiger partial charge is 0.493 e. The fourth-order valence-corrected chi connectivity index (χ4v) is 2.68. The molecule has 0 spiro atoms. The van der Waals surface area contributed by atoms with Gasteiger partial charge in [0, 0.05) is 12.5 Å². The third-order valence-electron chi connectivity index (χ3n) is 3.93. The topological polar surface area (TPSA) is 41.5 Å². The van der Waals surface area contributed by atoms with Crippen LogP contribution in [0.3, 0.4) is 0 Å². The van der Waals surface area contributed by atoms with Gasteiger partial charge in [-0.15, -0.1) is 0 Å². The number of rotatable bonds is 5. The molecule has 1 aromatic carbocycles. The van der Waals surface area contributed by atoms with Crippen LogP contribution in [0.15, 0.2) is 24.3 Å². The Balaban J connectivity index is 2.01. The number of piperidine rings is 1. The smallest absolute Gasteiger partial charge is 0.419 e. The number of ether oxygens (including phenoxy) is 1. The molecule has 118 valence electrons. The van der Waals surface area contributed by atoms with Crippen LogP contribution in [0, 0.1) is 11.8 Å². The number of alkyl halides is 3. The molecule has 1 unspecified atom stereocenters. The number of para-hydroxylation sites is 1. The summed E-state index contributed by atoms with van der Waals surface area (Å²) >= 11 is 0. The highest BCUT2D eigenvalue weighted by molar-refractivity contribution is 5.35. The third-order valence-corrected chi connectivity index (χ3v) is 3.93. The number of aliphatic hydroxyl groups is 1. The highest BCUT2D eigenvalue weighted by atomic mass is 19.4. The van der Waals surface area contributed by atoms with Crippen LogP contribution in [0.4, 0.5) is 13.2 Å². The van der Waals surface area contributed by atoms with Gasteiger partial charge in [-0.2, -0.15) is 13.2 Å². The van der Waals surface area contributed by atoms with Crippen LogP contribution < -0.4 is 10.1 Å². The van der Waals surface area contributed by atoms with Crippen LogP contribution in [0.1, 0.15) is 18.4 Å². The Morgan fingerprint density at radius 2 is 1.90 bits per heavy atom. The molecule has 0 aliphatic carbocycles. The van der Waals surface area contributed by atoms with Gasteiger partial charge in [0.2, 0.25) is 0 Å². The normalized spacial score (nSPS) is 18.5. The van der Waals surface area contributed by atoms with Crippen molar-refractivity contribution in [2.24, 2.45) is 11.8 Å². The highest BCUT2D eigenvalue weighted by Gasteiger charge is 2.34. The Bertz CT molecular complexity index is 445. The summed E-state index contributed by atoms with van der Waals surface area (Å²) in [5.74, 6) is -0.0138. The molecular formula is C15H20F3NO2. The lowest BCUT2D eigenvalue weighted by molar-refractivity contribution is -0.139. The minimum absolute atomic E-state index is 0.0706. The number of nitrogens with one attached hydrogen (secondary N) is 1. The molecule has 0 aromatic heterocycles. The Morgan fingerprint density at radius 3 is 2.52 bits per heavy atom. The number of aliphatic hydroxyl groups excluding tert-OH is 1. The predicted octanol–water partition coefficient (Wildman–Crippen LogP) is 2.69. The van der Waals surface area contributed by atoms with Crippen molar-refractivity contribution < 1.29 is 23.0 Å². The minimum atomic E-state index is -4.43. The first-order valence-corrected chi connectivity index (χ1v) is 7.13. The minimum Gasteiger partial charge on any atom is -0.493 e. The van der Waals surface area contributed by atoms with E-state index in [0.29, 0.717) is 0 Å².